The molecule has 5 atom stereocenters. The Kier molecular flexibility index (Phi) is 9.39. The summed E-state index contributed by atoms with van der Waals surface area (Å²) in [5, 5.41) is 10.1. The van der Waals surface area contributed by atoms with Crippen molar-refractivity contribution < 1.29 is 42.9 Å². The molecule has 0 radical (unpaired) electrons. The van der Waals surface area contributed by atoms with E-state index in [1.165, 1.54) is 48.5 Å². The summed E-state index contributed by atoms with van der Waals surface area (Å²) in [6, 6.07) is 33.6. The number of rotatable bonds is 8. The molecule has 5 rings (SSSR count). The fourth-order valence-electron chi connectivity index (χ4n) is 4.44. The van der Waals surface area contributed by atoms with Gasteiger partial charge in [-0.1, -0.05) is 72.8 Å². The minimum Gasteiger partial charge on any atom is -0.451 e. The number of esters is 4. The lowest BCUT2D eigenvalue weighted by molar-refractivity contribution is -0.266. The number of ether oxygens (including phenoxy) is 5. The van der Waals surface area contributed by atoms with Crippen LogP contribution in [-0.4, -0.2) is 54.6 Å². The molecule has 0 saturated carbocycles. The van der Waals surface area contributed by atoms with Crippen LogP contribution in [-0.2, 0) is 23.7 Å². The maximum absolute atomic E-state index is 13.3. The van der Waals surface area contributed by atoms with Crippen LogP contribution < -0.4 is 0 Å². The predicted octanol–water partition coefficient (Wildman–Crippen LogP) is 4.77. The van der Waals surface area contributed by atoms with E-state index in [-0.39, 0.29) is 22.3 Å². The van der Waals surface area contributed by atoms with Gasteiger partial charge in [0.15, 0.2) is 18.3 Å². The zero-order chi connectivity index (χ0) is 30.9. The molecular weight excluding hydrogens is 566 g/mol. The Morgan fingerprint density at radius 2 is 0.795 bits per heavy atom. The van der Waals surface area contributed by atoms with Gasteiger partial charge in [-0.15, -0.1) is 0 Å². The summed E-state index contributed by atoms with van der Waals surface area (Å²) in [5.74, 6) is -3.46. The van der Waals surface area contributed by atoms with E-state index < -0.39 is 54.6 Å². The van der Waals surface area contributed by atoms with E-state index in [0.29, 0.717) is 0 Å². The van der Waals surface area contributed by atoms with Gasteiger partial charge >= 0.3 is 23.9 Å². The number of hydrogen-bond acceptors (Lipinski definition) is 10. The van der Waals surface area contributed by atoms with Gasteiger partial charge in [0.2, 0.25) is 12.4 Å². The molecule has 4 aromatic carbocycles. The highest BCUT2D eigenvalue weighted by atomic mass is 16.7. The summed E-state index contributed by atoms with van der Waals surface area (Å²) in [6.07, 6.45) is -8.24. The van der Waals surface area contributed by atoms with Gasteiger partial charge in [0.05, 0.1) is 28.3 Å². The molecule has 0 aliphatic carbocycles. The first-order valence-corrected chi connectivity index (χ1v) is 13.5. The summed E-state index contributed by atoms with van der Waals surface area (Å²) in [4.78, 5) is 52.8. The highest BCUT2D eigenvalue weighted by Crippen LogP contribution is 2.31. The molecule has 1 aliphatic rings. The maximum atomic E-state index is 13.3. The van der Waals surface area contributed by atoms with Crippen molar-refractivity contribution in [3.63, 3.8) is 0 Å². The van der Waals surface area contributed by atoms with Crippen molar-refractivity contribution in [2.75, 3.05) is 0 Å². The largest absolute Gasteiger partial charge is 0.451 e. The first-order valence-electron chi connectivity index (χ1n) is 13.5. The van der Waals surface area contributed by atoms with Crippen LogP contribution in [0.3, 0.4) is 0 Å². The van der Waals surface area contributed by atoms with Crippen LogP contribution in [0.4, 0.5) is 0 Å². The summed E-state index contributed by atoms with van der Waals surface area (Å²) in [5.41, 5.74) is 0.557. The Bertz CT molecular complexity index is 1640. The maximum Gasteiger partial charge on any atom is 0.340 e. The Balaban J connectivity index is 1.54. The molecule has 0 spiro atoms. The molecule has 10 nitrogen and oxygen atoms in total. The fourth-order valence-corrected chi connectivity index (χ4v) is 4.44. The molecule has 0 amide bonds. The Morgan fingerprint density at radius 3 is 1.16 bits per heavy atom. The van der Waals surface area contributed by atoms with E-state index in [4.69, 9.17) is 23.7 Å². The third-order valence-electron chi connectivity index (χ3n) is 6.61. The molecular formula is C34H25NO9. The van der Waals surface area contributed by atoms with Gasteiger partial charge in [0, 0.05) is 0 Å². The number of carbonyl (C=O) groups is 4. The molecule has 1 fully saturated rings. The number of carbonyl (C=O) groups excluding carboxylic acids is 4. The van der Waals surface area contributed by atoms with Crippen molar-refractivity contribution in [1.82, 2.24) is 0 Å². The van der Waals surface area contributed by atoms with Crippen LogP contribution in [0.2, 0.25) is 0 Å². The van der Waals surface area contributed by atoms with Crippen molar-refractivity contribution in [3.8, 4) is 6.07 Å². The summed E-state index contributed by atoms with van der Waals surface area (Å²) in [6.45, 7) is 0. The Morgan fingerprint density at radius 1 is 0.477 bits per heavy atom. The minimum atomic E-state index is -1.74. The van der Waals surface area contributed by atoms with E-state index in [1.54, 1.807) is 72.8 Å². The Labute approximate surface area is 252 Å². The summed E-state index contributed by atoms with van der Waals surface area (Å²) in [7, 11) is 0. The molecule has 1 heterocycles. The second kappa shape index (κ2) is 13.9. The quantitative estimate of drug-likeness (QED) is 0.208. The smallest absolute Gasteiger partial charge is 0.340 e. The van der Waals surface area contributed by atoms with Crippen LogP contribution in [0, 0.1) is 11.3 Å². The van der Waals surface area contributed by atoms with Gasteiger partial charge in [0.25, 0.3) is 0 Å². The Hall–Kier alpha value is -5.79. The fraction of sp³-hybridized carbons (Fsp3) is 0.147. The van der Waals surface area contributed by atoms with Crippen molar-refractivity contribution >= 4 is 23.9 Å². The van der Waals surface area contributed by atoms with Gasteiger partial charge in [0.1, 0.15) is 0 Å². The minimum absolute atomic E-state index is 0.131. The highest BCUT2D eigenvalue weighted by Gasteiger charge is 2.54. The normalized spacial score (nSPS) is 20.8. The van der Waals surface area contributed by atoms with E-state index >= 15 is 0 Å². The third kappa shape index (κ3) is 6.98. The van der Waals surface area contributed by atoms with Crippen LogP contribution in [0.1, 0.15) is 41.4 Å². The van der Waals surface area contributed by atoms with Crippen LogP contribution in [0.15, 0.2) is 121 Å². The van der Waals surface area contributed by atoms with Gasteiger partial charge in [-0.05, 0) is 48.5 Å². The zero-order valence-electron chi connectivity index (χ0n) is 23.1. The zero-order valence-corrected chi connectivity index (χ0v) is 23.1. The number of nitrogens with zero attached hydrogens (tertiary/aromatic N) is 1. The van der Waals surface area contributed by atoms with Gasteiger partial charge in [-0.3, -0.25) is 0 Å². The van der Waals surface area contributed by atoms with Crippen LogP contribution >= 0.6 is 0 Å². The SMILES string of the molecule is N#CC1O[C@H](OC(=O)c2ccccc2)C(OC(=O)c2ccccc2)C(OC(=O)c2ccccc2)[C@@H]1OC(=O)c1ccccc1. The molecule has 0 N–H and O–H groups in total. The second-order valence-electron chi connectivity index (χ2n) is 9.53. The first-order chi connectivity index (χ1) is 21.4. The predicted molar refractivity (Wildman–Crippen MR) is 153 cm³/mol. The topological polar surface area (TPSA) is 138 Å². The van der Waals surface area contributed by atoms with Gasteiger partial charge < -0.3 is 23.7 Å². The lowest BCUT2D eigenvalue weighted by Gasteiger charge is -2.42. The molecule has 1 saturated heterocycles. The molecule has 10 heteroatoms. The lowest BCUT2D eigenvalue weighted by Crippen LogP contribution is -2.62. The van der Waals surface area contributed by atoms with E-state index in [1.807, 2.05) is 6.07 Å². The van der Waals surface area contributed by atoms with Crippen molar-refractivity contribution in [3.05, 3.63) is 144 Å². The van der Waals surface area contributed by atoms with Crippen LogP contribution in [0.5, 0.6) is 0 Å². The number of benzene rings is 4. The van der Waals surface area contributed by atoms with Crippen LogP contribution in [0.25, 0.3) is 0 Å². The van der Waals surface area contributed by atoms with E-state index in [0.717, 1.165) is 0 Å². The monoisotopic (exact) mass is 591 g/mol. The highest BCUT2D eigenvalue weighted by molar-refractivity contribution is 5.92. The third-order valence-corrected chi connectivity index (χ3v) is 6.61. The van der Waals surface area contributed by atoms with Crippen molar-refractivity contribution in [1.29, 1.82) is 5.26 Å². The van der Waals surface area contributed by atoms with Crippen molar-refractivity contribution in [2.45, 2.75) is 30.7 Å². The molecule has 3 unspecified atom stereocenters. The number of hydrogen-bond donors (Lipinski definition) is 0. The van der Waals surface area contributed by atoms with Gasteiger partial charge in [-0.2, -0.15) is 5.26 Å². The van der Waals surface area contributed by atoms with E-state index in [9.17, 15) is 24.4 Å². The summed E-state index contributed by atoms with van der Waals surface area (Å²) >= 11 is 0. The molecule has 4 aromatic rings. The first kappa shape index (κ1) is 29.7. The lowest BCUT2D eigenvalue weighted by atomic mass is 9.98. The average Bonchev–Trinajstić information content (AvgIpc) is 3.08. The molecule has 0 bridgehead atoms. The van der Waals surface area contributed by atoms with Crippen molar-refractivity contribution in [2.24, 2.45) is 0 Å². The molecule has 0 aromatic heterocycles. The molecule has 44 heavy (non-hydrogen) atoms. The van der Waals surface area contributed by atoms with Gasteiger partial charge in [-0.25, -0.2) is 19.2 Å². The van der Waals surface area contributed by atoms with E-state index in [2.05, 4.69) is 0 Å². The summed E-state index contributed by atoms with van der Waals surface area (Å²) < 4.78 is 28.7. The molecule has 1 aliphatic heterocycles. The standard InChI is InChI=1S/C34H25NO9/c35-21-26-27(41-30(36)22-13-5-1-6-14-22)28(42-31(37)23-15-7-2-8-16-23)29(43-32(38)24-17-9-3-10-18-24)34(40-26)44-33(39)25-19-11-4-12-20-25/h1-20,26-29,34H/t26?,27-,28?,29?,34-/m1/s1. The number of nitriles is 1. The molecule has 220 valence electrons. The average molecular weight is 592 g/mol. The second-order valence-corrected chi connectivity index (χ2v) is 9.53.